The van der Waals surface area contributed by atoms with E-state index >= 15 is 0 Å². The monoisotopic (exact) mass is 369 g/mol. The van der Waals surface area contributed by atoms with E-state index in [1.165, 1.54) is 0 Å². The summed E-state index contributed by atoms with van der Waals surface area (Å²) in [6.45, 7) is 5.87. The molecule has 7 atom stereocenters. The summed E-state index contributed by atoms with van der Waals surface area (Å²) in [4.78, 5) is 11.3. The summed E-state index contributed by atoms with van der Waals surface area (Å²) >= 11 is 0. The topological polar surface area (TPSA) is 110 Å². The second kappa shape index (κ2) is 6.43. The Morgan fingerprint density at radius 3 is 2.38 bits per heavy atom. The first-order valence-corrected chi connectivity index (χ1v) is 9.89. The Hall–Kier alpha value is -0.690. The largest absolute Gasteiger partial charge is 0.550 e. The normalized spacial score (nSPS) is 51.4. The summed E-state index contributed by atoms with van der Waals surface area (Å²) in [6, 6.07) is 0. The van der Waals surface area contributed by atoms with Gasteiger partial charge in [-0.25, -0.2) is 0 Å². The van der Waals surface area contributed by atoms with E-state index in [1.54, 1.807) is 0 Å². The third-order valence-electron chi connectivity index (χ3n) is 8.36. The van der Waals surface area contributed by atoms with E-state index in [9.17, 15) is 25.2 Å². The fourth-order valence-electron chi connectivity index (χ4n) is 6.69. The molecule has 2 aliphatic carbocycles. The smallest absolute Gasteiger partial charge is 0.0972 e. The molecule has 3 rings (SSSR count). The molecule has 6 heteroatoms. The van der Waals surface area contributed by atoms with E-state index in [0.29, 0.717) is 19.3 Å². The number of hydrogen-bond acceptors (Lipinski definition) is 6. The Kier molecular flexibility index (Phi) is 4.96. The molecule has 0 aromatic heterocycles. The Balaban J connectivity index is 2.02. The summed E-state index contributed by atoms with van der Waals surface area (Å²) in [5.74, 6) is -0.907. The number of carboxylic acids is 1. The lowest BCUT2D eigenvalue weighted by molar-refractivity contribution is -0.315. The van der Waals surface area contributed by atoms with Crippen LogP contribution in [0, 0.1) is 22.7 Å². The number of aliphatic hydroxyl groups excluding tert-OH is 3. The van der Waals surface area contributed by atoms with E-state index in [0.717, 1.165) is 19.3 Å². The molecule has 0 radical (unpaired) electrons. The van der Waals surface area contributed by atoms with Crippen LogP contribution in [0.5, 0.6) is 0 Å². The zero-order valence-electron chi connectivity index (χ0n) is 16.2. The van der Waals surface area contributed by atoms with Crippen molar-refractivity contribution >= 4 is 5.97 Å². The van der Waals surface area contributed by atoms with Crippen LogP contribution in [-0.2, 0) is 9.53 Å². The van der Waals surface area contributed by atoms with Crippen molar-refractivity contribution in [1.82, 2.24) is 0 Å². The molecular weight excluding hydrogens is 336 g/mol. The Bertz CT molecular complexity index is 567. The molecule has 1 heterocycles. The van der Waals surface area contributed by atoms with Crippen molar-refractivity contribution in [2.75, 3.05) is 13.2 Å². The molecule has 0 unspecified atom stereocenters. The summed E-state index contributed by atoms with van der Waals surface area (Å²) in [5, 5.41) is 41.9. The van der Waals surface area contributed by atoms with Crippen molar-refractivity contribution in [1.29, 1.82) is 0 Å². The highest BCUT2D eigenvalue weighted by atomic mass is 16.5. The molecule has 1 saturated heterocycles. The van der Waals surface area contributed by atoms with Gasteiger partial charge in [-0.15, -0.1) is 0 Å². The number of fused-ring (bicyclic) bond motifs is 2. The third-order valence-corrected chi connectivity index (χ3v) is 8.36. The van der Waals surface area contributed by atoms with Crippen molar-refractivity contribution in [3.05, 3.63) is 0 Å². The highest BCUT2D eigenvalue weighted by Gasteiger charge is 2.68. The molecule has 26 heavy (non-hydrogen) atoms. The molecular formula is C20H33O6-. The Labute approximate surface area is 155 Å². The quantitative estimate of drug-likeness (QED) is 0.670. The van der Waals surface area contributed by atoms with Crippen LogP contribution in [0.3, 0.4) is 0 Å². The molecule has 1 spiro atoms. The van der Waals surface area contributed by atoms with Gasteiger partial charge in [0.1, 0.15) is 0 Å². The van der Waals surface area contributed by atoms with Crippen molar-refractivity contribution in [3.63, 3.8) is 0 Å². The zero-order valence-corrected chi connectivity index (χ0v) is 16.2. The first-order valence-electron chi connectivity index (χ1n) is 9.89. The van der Waals surface area contributed by atoms with Crippen LogP contribution in [0.1, 0.15) is 65.7 Å². The molecule has 3 fully saturated rings. The highest BCUT2D eigenvalue weighted by Crippen LogP contribution is 2.67. The van der Waals surface area contributed by atoms with Crippen LogP contribution in [0.2, 0.25) is 0 Å². The Morgan fingerprint density at radius 1 is 1.12 bits per heavy atom. The summed E-state index contributed by atoms with van der Waals surface area (Å²) < 4.78 is 6.56. The number of carbonyl (C=O) groups excluding carboxylic acids is 1. The van der Waals surface area contributed by atoms with Gasteiger partial charge in [-0.2, -0.15) is 0 Å². The maximum atomic E-state index is 11.3. The molecule has 0 aromatic rings. The van der Waals surface area contributed by atoms with E-state index in [-0.39, 0.29) is 36.9 Å². The summed E-state index contributed by atoms with van der Waals surface area (Å²) in [7, 11) is 0. The number of carbonyl (C=O) groups is 1. The average Bonchev–Trinajstić information content (AvgIpc) is 2.98. The van der Waals surface area contributed by atoms with Gasteiger partial charge in [0.05, 0.1) is 30.5 Å². The number of aliphatic carboxylic acids is 1. The lowest BCUT2D eigenvalue weighted by Gasteiger charge is -2.65. The second-order valence-electron chi connectivity index (χ2n) is 9.55. The van der Waals surface area contributed by atoms with Crippen molar-refractivity contribution in [2.45, 2.75) is 83.0 Å². The number of ether oxygens (including phenoxy) is 1. The molecule has 0 aromatic carbocycles. The van der Waals surface area contributed by atoms with Crippen LogP contribution >= 0.6 is 0 Å². The molecule has 3 N–H and O–H groups in total. The first kappa shape index (κ1) is 20.1. The van der Waals surface area contributed by atoms with Gasteiger partial charge in [0.25, 0.3) is 0 Å². The third kappa shape index (κ3) is 2.56. The van der Waals surface area contributed by atoms with Gasteiger partial charge in [0, 0.05) is 23.2 Å². The molecule has 0 bridgehead atoms. The van der Waals surface area contributed by atoms with E-state index in [2.05, 4.69) is 13.8 Å². The number of carboxylic acid groups (broad SMARTS) is 1. The fourth-order valence-corrected chi connectivity index (χ4v) is 6.69. The summed E-state index contributed by atoms with van der Waals surface area (Å²) in [5.41, 5.74) is -2.53. The molecule has 0 amide bonds. The van der Waals surface area contributed by atoms with Crippen LogP contribution in [0.15, 0.2) is 0 Å². The predicted molar refractivity (Wildman–Crippen MR) is 92.9 cm³/mol. The Morgan fingerprint density at radius 2 is 1.81 bits per heavy atom. The maximum absolute atomic E-state index is 11.3. The lowest BCUT2D eigenvalue weighted by Crippen LogP contribution is -2.66. The van der Waals surface area contributed by atoms with Crippen LogP contribution in [-0.4, -0.2) is 51.8 Å². The predicted octanol–water partition coefficient (Wildman–Crippen LogP) is 0.612. The lowest BCUT2D eigenvalue weighted by atomic mass is 9.43. The van der Waals surface area contributed by atoms with Gasteiger partial charge in [-0.1, -0.05) is 20.8 Å². The van der Waals surface area contributed by atoms with Crippen molar-refractivity contribution in [3.8, 4) is 0 Å². The molecule has 150 valence electrons. The van der Waals surface area contributed by atoms with Crippen LogP contribution in [0.25, 0.3) is 0 Å². The van der Waals surface area contributed by atoms with E-state index in [4.69, 9.17) is 4.74 Å². The minimum Gasteiger partial charge on any atom is -0.550 e. The van der Waals surface area contributed by atoms with Crippen LogP contribution in [0.4, 0.5) is 0 Å². The molecule has 1 aliphatic heterocycles. The van der Waals surface area contributed by atoms with Crippen LogP contribution < -0.4 is 5.11 Å². The zero-order chi connectivity index (χ0) is 19.4. The number of hydrogen-bond donors (Lipinski definition) is 3. The highest BCUT2D eigenvalue weighted by molar-refractivity contribution is 5.66. The number of rotatable bonds is 4. The summed E-state index contributed by atoms with van der Waals surface area (Å²) in [6.07, 6.45) is 3.48. The molecule has 3 aliphatic rings. The number of aliphatic hydroxyl groups is 3. The van der Waals surface area contributed by atoms with Crippen molar-refractivity contribution < 1.29 is 30.0 Å². The second-order valence-corrected chi connectivity index (χ2v) is 9.55. The SMILES string of the molecule is C[C@H]1CC[C@@H]2[C@@](C)(CO)[C@H](O)CC[C@]2(C)[C@]12CC[C@](CO)(CC(=O)[O-])O2. The van der Waals surface area contributed by atoms with Gasteiger partial charge in [0.2, 0.25) is 0 Å². The van der Waals surface area contributed by atoms with Gasteiger partial charge in [-0.05, 0) is 50.4 Å². The van der Waals surface area contributed by atoms with E-state index in [1.807, 2.05) is 6.92 Å². The van der Waals surface area contributed by atoms with Crippen molar-refractivity contribution in [2.24, 2.45) is 22.7 Å². The minimum atomic E-state index is -1.21. The molecule has 2 saturated carbocycles. The fraction of sp³-hybridized carbons (Fsp3) is 0.950. The van der Waals surface area contributed by atoms with E-state index < -0.39 is 28.7 Å². The van der Waals surface area contributed by atoms with Gasteiger partial charge < -0.3 is 30.0 Å². The van der Waals surface area contributed by atoms with Gasteiger partial charge >= 0.3 is 0 Å². The maximum Gasteiger partial charge on any atom is 0.0972 e. The standard InChI is InChI=1S/C20H34O6/c1-13-4-5-14-17(2,11-21)15(23)6-7-18(14,3)20(13)9-8-19(12-22,26-20)10-16(24)25/h13-15,21-23H,4-12H2,1-3H3,(H,24,25)/p-1/t13-,14+,15+,17+,18-,19+,20-/m0/s1. The average molecular weight is 369 g/mol. The first-order chi connectivity index (χ1) is 12.1. The minimum absolute atomic E-state index is 0.0803. The molecule has 6 nitrogen and oxygen atoms in total. The van der Waals surface area contributed by atoms with Gasteiger partial charge in [0.15, 0.2) is 0 Å². The van der Waals surface area contributed by atoms with Gasteiger partial charge in [-0.3, -0.25) is 0 Å².